The van der Waals surface area contributed by atoms with Crippen LogP contribution in [-0.2, 0) is 4.79 Å². The molecule has 2 aromatic rings. The highest BCUT2D eigenvalue weighted by molar-refractivity contribution is 6.30. The maximum Gasteiger partial charge on any atom is 0.209 e. The van der Waals surface area contributed by atoms with Gasteiger partial charge in [0.2, 0.25) is 6.41 Å². The maximum atomic E-state index is 10.1. The second-order valence-electron chi connectivity index (χ2n) is 5.93. The average molecular weight is 346 g/mol. The van der Waals surface area contributed by atoms with Crippen molar-refractivity contribution in [1.29, 1.82) is 0 Å². The van der Waals surface area contributed by atoms with Crippen LogP contribution < -0.4 is 11.1 Å². The van der Waals surface area contributed by atoms with Crippen molar-refractivity contribution in [1.82, 2.24) is 4.90 Å². The molecule has 0 unspecified atom stereocenters. The Balaban J connectivity index is 0.000000219. The fourth-order valence-electron chi connectivity index (χ4n) is 2.54. The van der Waals surface area contributed by atoms with Crippen LogP contribution in [-0.4, -0.2) is 24.4 Å². The average Bonchev–Trinajstić information content (AvgIpc) is 2.59. The number of nitrogen functional groups attached to an aromatic ring is 1. The highest BCUT2D eigenvalue weighted by Crippen LogP contribution is 2.25. The van der Waals surface area contributed by atoms with Crippen molar-refractivity contribution >= 4 is 35.1 Å². The molecule has 1 amide bonds. The molecule has 1 aliphatic heterocycles. The highest BCUT2D eigenvalue weighted by Gasteiger charge is 2.05. The first kappa shape index (κ1) is 18.1. The first-order chi connectivity index (χ1) is 11.6. The summed E-state index contributed by atoms with van der Waals surface area (Å²) in [5.41, 5.74) is 9.62. The van der Waals surface area contributed by atoms with Gasteiger partial charge in [-0.05, 0) is 62.1 Å². The minimum atomic E-state index is 0.704. The van der Waals surface area contributed by atoms with Gasteiger partial charge < -0.3 is 16.0 Å². The fraction of sp³-hybridized carbons (Fsp3) is 0.316. The summed E-state index contributed by atoms with van der Waals surface area (Å²) in [5, 5.41) is 3.94. The van der Waals surface area contributed by atoms with Crippen molar-refractivity contribution in [2.45, 2.75) is 26.2 Å². The van der Waals surface area contributed by atoms with E-state index in [4.69, 9.17) is 17.3 Å². The van der Waals surface area contributed by atoms with Crippen molar-refractivity contribution in [2.75, 3.05) is 24.1 Å². The summed E-state index contributed by atoms with van der Waals surface area (Å²) in [6.45, 7) is 3.96. The van der Waals surface area contributed by atoms with E-state index < -0.39 is 0 Å². The number of piperidine rings is 1. The van der Waals surface area contributed by atoms with Crippen LogP contribution in [0.25, 0.3) is 0 Å². The Labute approximate surface area is 148 Å². The Morgan fingerprint density at radius 3 is 2.46 bits per heavy atom. The third kappa shape index (κ3) is 5.78. The number of hydrogen-bond donors (Lipinski definition) is 2. The Morgan fingerprint density at radius 1 is 1.12 bits per heavy atom. The third-order valence-electron chi connectivity index (χ3n) is 3.85. The summed E-state index contributed by atoms with van der Waals surface area (Å²) in [7, 11) is 0. The number of nitrogens with one attached hydrogen (secondary N) is 1. The van der Waals surface area contributed by atoms with Gasteiger partial charge in [-0.15, -0.1) is 0 Å². The Kier molecular flexibility index (Phi) is 6.94. The number of hydrogen-bond acceptors (Lipinski definition) is 3. The lowest BCUT2D eigenvalue weighted by molar-refractivity contribution is -0.118. The van der Waals surface area contributed by atoms with Crippen molar-refractivity contribution < 1.29 is 4.79 Å². The second-order valence-corrected chi connectivity index (χ2v) is 6.36. The van der Waals surface area contributed by atoms with E-state index in [1.807, 2.05) is 54.3 Å². The first-order valence-electron chi connectivity index (χ1n) is 8.16. The lowest BCUT2D eigenvalue weighted by Gasteiger charge is -2.21. The zero-order valence-corrected chi connectivity index (χ0v) is 14.7. The number of amides is 1. The molecule has 3 rings (SSSR count). The number of rotatable bonds is 3. The minimum Gasteiger partial charge on any atom is -0.397 e. The zero-order valence-electron chi connectivity index (χ0n) is 14.0. The van der Waals surface area contributed by atoms with Crippen LogP contribution in [0.4, 0.5) is 17.1 Å². The SMILES string of the molecule is Cc1ccc(Nc2cccc(Cl)c2)c(N)c1.O=CN1CCCCC1. The van der Waals surface area contributed by atoms with E-state index in [0.29, 0.717) is 5.02 Å². The quantitative estimate of drug-likeness (QED) is 0.631. The van der Waals surface area contributed by atoms with Gasteiger partial charge in [0.15, 0.2) is 0 Å². The molecule has 4 nitrogen and oxygen atoms in total. The van der Waals surface area contributed by atoms with Crippen LogP contribution in [0.3, 0.4) is 0 Å². The summed E-state index contributed by atoms with van der Waals surface area (Å²) < 4.78 is 0. The van der Waals surface area contributed by atoms with E-state index in [0.717, 1.165) is 42.1 Å². The zero-order chi connectivity index (χ0) is 17.4. The summed E-state index contributed by atoms with van der Waals surface area (Å²) in [4.78, 5) is 11.9. The lowest BCUT2D eigenvalue weighted by atomic mass is 10.1. The number of nitrogens with zero attached hydrogens (tertiary/aromatic N) is 1. The molecule has 0 aromatic heterocycles. The molecule has 0 atom stereocenters. The smallest absolute Gasteiger partial charge is 0.209 e. The van der Waals surface area contributed by atoms with Crippen LogP contribution in [0, 0.1) is 6.92 Å². The van der Waals surface area contributed by atoms with E-state index in [1.165, 1.54) is 19.3 Å². The number of benzene rings is 2. The van der Waals surface area contributed by atoms with E-state index in [2.05, 4.69) is 5.32 Å². The van der Waals surface area contributed by atoms with Gasteiger partial charge in [-0.3, -0.25) is 4.79 Å². The topological polar surface area (TPSA) is 58.4 Å². The number of anilines is 3. The lowest BCUT2D eigenvalue weighted by Crippen LogP contribution is -2.27. The van der Waals surface area contributed by atoms with E-state index in [1.54, 1.807) is 0 Å². The van der Waals surface area contributed by atoms with E-state index in [9.17, 15) is 4.79 Å². The van der Waals surface area contributed by atoms with Gasteiger partial charge in [0, 0.05) is 23.8 Å². The predicted molar refractivity (Wildman–Crippen MR) is 102 cm³/mol. The second kappa shape index (κ2) is 9.18. The number of likely N-dealkylation sites (tertiary alicyclic amines) is 1. The molecule has 5 heteroatoms. The number of halogens is 1. The van der Waals surface area contributed by atoms with Crippen molar-refractivity contribution in [3.05, 3.63) is 53.1 Å². The molecule has 2 aromatic carbocycles. The van der Waals surface area contributed by atoms with Gasteiger partial charge in [0.05, 0.1) is 11.4 Å². The van der Waals surface area contributed by atoms with Gasteiger partial charge in [0.25, 0.3) is 0 Å². The number of nitrogens with two attached hydrogens (primary N) is 1. The number of carbonyl (C=O) groups excluding carboxylic acids is 1. The molecule has 0 spiro atoms. The molecule has 3 N–H and O–H groups in total. The Hall–Kier alpha value is -2.20. The Bertz CT molecular complexity index is 669. The largest absolute Gasteiger partial charge is 0.397 e. The van der Waals surface area contributed by atoms with Crippen molar-refractivity contribution in [3.63, 3.8) is 0 Å². The highest BCUT2D eigenvalue weighted by atomic mass is 35.5. The summed E-state index contributed by atoms with van der Waals surface area (Å²) in [5.74, 6) is 0. The van der Waals surface area contributed by atoms with Crippen LogP contribution in [0.1, 0.15) is 24.8 Å². The minimum absolute atomic E-state index is 0.704. The van der Waals surface area contributed by atoms with Crippen molar-refractivity contribution in [2.24, 2.45) is 0 Å². The molecule has 0 aliphatic carbocycles. The molecule has 0 saturated carbocycles. The van der Waals surface area contributed by atoms with Gasteiger partial charge in [0.1, 0.15) is 0 Å². The molecule has 1 saturated heterocycles. The Morgan fingerprint density at radius 2 is 1.88 bits per heavy atom. The molecular formula is C19H24ClN3O. The molecule has 1 heterocycles. The van der Waals surface area contributed by atoms with Crippen molar-refractivity contribution in [3.8, 4) is 0 Å². The van der Waals surface area contributed by atoms with Gasteiger partial charge in [-0.1, -0.05) is 23.7 Å². The standard InChI is InChI=1S/C13H13ClN2.C6H11NO/c1-9-5-6-13(12(15)7-9)16-11-4-2-3-10(14)8-11;8-6-7-4-2-1-3-5-7/h2-8,16H,15H2,1H3;6H,1-5H2. The molecule has 128 valence electrons. The van der Waals surface area contributed by atoms with Gasteiger partial charge in [-0.2, -0.15) is 0 Å². The summed E-state index contributed by atoms with van der Waals surface area (Å²) >= 11 is 5.90. The van der Waals surface area contributed by atoms with E-state index >= 15 is 0 Å². The van der Waals surface area contributed by atoms with Gasteiger partial charge >= 0.3 is 0 Å². The fourth-order valence-corrected chi connectivity index (χ4v) is 2.73. The molecule has 1 fully saturated rings. The van der Waals surface area contributed by atoms with Gasteiger partial charge in [-0.25, -0.2) is 0 Å². The molecule has 0 radical (unpaired) electrons. The number of aryl methyl sites for hydroxylation is 1. The third-order valence-corrected chi connectivity index (χ3v) is 4.09. The molecular weight excluding hydrogens is 322 g/mol. The predicted octanol–water partition coefficient (Wildman–Crippen LogP) is 4.60. The summed E-state index contributed by atoms with van der Waals surface area (Å²) in [6.07, 6.45) is 4.63. The van der Waals surface area contributed by atoms with Crippen LogP contribution >= 0.6 is 11.6 Å². The first-order valence-corrected chi connectivity index (χ1v) is 8.54. The molecule has 0 bridgehead atoms. The van der Waals surface area contributed by atoms with Crippen LogP contribution in [0.2, 0.25) is 5.02 Å². The number of carbonyl (C=O) groups is 1. The van der Waals surface area contributed by atoms with Crippen LogP contribution in [0.5, 0.6) is 0 Å². The molecule has 1 aliphatic rings. The summed E-state index contributed by atoms with van der Waals surface area (Å²) in [6, 6.07) is 13.5. The van der Waals surface area contributed by atoms with E-state index in [-0.39, 0.29) is 0 Å². The van der Waals surface area contributed by atoms with Crippen LogP contribution in [0.15, 0.2) is 42.5 Å². The molecule has 24 heavy (non-hydrogen) atoms. The monoisotopic (exact) mass is 345 g/mol. The normalized spacial score (nSPS) is 13.7. The maximum absolute atomic E-state index is 10.1.